The number of rotatable bonds is 3. The summed E-state index contributed by atoms with van der Waals surface area (Å²) in [5, 5.41) is 8.43. The van der Waals surface area contributed by atoms with E-state index in [1.165, 1.54) is 12.1 Å². The molecule has 0 aliphatic carbocycles. The average Bonchev–Trinajstić information content (AvgIpc) is 2.99. The number of nitrogens with zero attached hydrogens (tertiary/aromatic N) is 4. The number of carbonyl (C=O) groups is 1. The van der Waals surface area contributed by atoms with E-state index in [0.717, 1.165) is 23.8 Å². The second-order valence-corrected chi connectivity index (χ2v) is 6.99. The molecule has 0 saturated heterocycles. The van der Waals surface area contributed by atoms with Gasteiger partial charge in [0.15, 0.2) is 5.82 Å². The molecule has 1 aromatic carbocycles. The van der Waals surface area contributed by atoms with E-state index in [1.54, 1.807) is 4.90 Å². The number of alkyl halides is 3. The van der Waals surface area contributed by atoms with Gasteiger partial charge in [-0.25, -0.2) is 0 Å². The number of carbonyl (C=O) groups excluding carboxylic acids is 1. The van der Waals surface area contributed by atoms with Crippen molar-refractivity contribution in [3.8, 4) is 0 Å². The highest BCUT2D eigenvalue weighted by molar-refractivity contribution is 5.78. The predicted octanol–water partition coefficient (Wildman–Crippen LogP) is 3.57. The van der Waals surface area contributed by atoms with E-state index in [-0.39, 0.29) is 24.3 Å². The zero-order chi connectivity index (χ0) is 19.1. The molecule has 0 radical (unpaired) electrons. The molecule has 1 aliphatic heterocycles. The highest BCUT2D eigenvalue weighted by Crippen LogP contribution is 2.29. The van der Waals surface area contributed by atoms with E-state index < -0.39 is 11.7 Å². The Morgan fingerprint density at radius 1 is 1.23 bits per heavy atom. The van der Waals surface area contributed by atoms with Crippen molar-refractivity contribution >= 4 is 5.91 Å². The topological polar surface area (TPSA) is 51.0 Å². The SMILES string of the molecule is CC(C)c1nnc2n1[C@@H](C)CN(C(=O)Cc1ccc(C(F)(F)F)cc1)C2. The molecule has 0 saturated carbocycles. The molecule has 1 amide bonds. The third-order valence-electron chi connectivity index (χ3n) is 4.56. The molecule has 2 aromatic rings. The van der Waals surface area contributed by atoms with Gasteiger partial charge in [-0.15, -0.1) is 10.2 Å². The average molecular weight is 366 g/mol. The Hall–Kier alpha value is -2.38. The van der Waals surface area contributed by atoms with Crippen molar-refractivity contribution in [1.29, 1.82) is 0 Å². The van der Waals surface area contributed by atoms with Gasteiger partial charge in [0.25, 0.3) is 0 Å². The van der Waals surface area contributed by atoms with Crippen LogP contribution in [0.3, 0.4) is 0 Å². The lowest BCUT2D eigenvalue weighted by Gasteiger charge is -2.33. The number of hydrogen-bond acceptors (Lipinski definition) is 3. The quantitative estimate of drug-likeness (QED) is 0.835. The normalized spacial score (nSPS) is 17.5. The number of halogens is 3. The lowest BCUT2D eigenvalue weighted by atomic mass is 10.1. The minimum atomic E-state index is -4.37. The van der Waals surface area contributed by atoms with Gasteiger partial charge < -0.3 is 9.47 Å². The van der Waals surface area contributed by atoms with E-state index in [9.17, 15) is 18.0 Å². The molecule has 0 unspecified atom stereocenters. The van der Waals surface area contributed by atoms with Crippen molar-refractivity contribution in [2.75, 3.05) is 6.54 Å². The van der Waals surface area contributed by atoms with Crippen LogP contribution in [0.2, 0.25) is 0 Å². The molecule has 140 valence electrons. The summed E-state index contributed by atoms with van der Waals surface area (Å²) in [6.45, 7) is 7.00. The molecule has 5 nitrogen and oxygen atoms in total. The summed E-state index contributed by atoms with van der Waals surface area (Å²) >= 11 is 0. The molecule has 1 atom stereocenters. The summed E-state index contributed by atoms with van der Waals surface area (Å²) in [5.41, 5.74) is -0.153. The molecular weight excluding hydrogens is 345 g/mol. The van der Waals surface area contributed by atoms with Gasteiger partial charge in [0.2, 0.25) is 5.91 Å². The number of aromatic nitrogens is 3. The van der Waals surface area contributed by atoms with Crippen molar-refractivity contribution in [3.05, 3.63) is 47.0 Å². The van der Waals surface area contributed by atoms with Crippen LogP contribution in [0.5, 0.6) is 0 Å². The standard InChI is InChI=1S/C18H21F3N4O/c1-11(2)17-23-22-15-10-24(9-12(3)25(15)17)16(26)8-13-4-6-14(7-5-13)18(19,20)21/h4-7,11-12H,8-10H2,1-3H3/t12-/m0/s1. The summed E-state index contributed by atoms with van der Waals surface area (Å²) in [5.74, 6) is 1.76. The van der Waals surface area contributed by atoms with Gasteiger partial charge in [-0.1, -0.05) is 26.0 Å². The van der Waals surface area contributed by atoms with E-state index in [2.05, 4.69) is 14.8 Å². The summed E-state index contributed by atoms with van der Waals surface area (Å²) in [7, 11) is 0. The Morgan fingerprint density at radius 3 is 2.46 bits per heavy atom. The van der Waals surface area contributed by atoms with Crippen molar-refractivity contribution in [2.24, 2.45) is 0 Å². The van der Waals surface area contributed by atoms with Crippen molar-refractivity contribution in [1.82, 2.24) is 19.7 Å². The fourth-order valence-electron chi connectivity index (χ4n) is 3.24. The van der Waals surface area contributed by atoms with Crippen LogP contribution in [0.15, 0.2) is 24.3 Å². The monoisotopic (exact) mass is 366 g/mol. The second kappa shape index (κ2) is 6.74. The molecule has 1 aliphatic rings. The van der Waals surface area contributed by atoms with E-state index in [1.807, 2.05) is 20.8 Å². The van der Waals surface area contributed by atoms with Crippen LogP contribution in [0.4, 0.5) is 13.2 Å². The maximum Gasteiger partial charge on any atom is 0.416 e. The highest BCUT2D eigenvalue weighted by Gasteiger charge is 2.31. The first kappa shape index (κ1) is 18.4. The number of fused-ring (bicyclic) bond motifs is 1. The molecule has 0 N–H and O–H groups in total. The van der Waals surface area contributed by atoms with Gasteiger partial charge in [-0.2, -0.15) is 13.2 Å². The minimum absolute atomic E-state index is 0.0581. The van der Waals surface area contributed by atoms with Gasteiger partial charge in [0.05, 0.1) is 24.6 Å². The number of hydrogen-bond donors (Lipinski definition) is 0. The molecule has 2 heterocycles. The highest BCUT2D eigenvalue weighted by atomic mass is 19.4. The van der Waals surface area contributed by atoms with Gasteiger partial charge in [0, 0.05) is 12.5 Å². The zero-order valence-electron chi connectivity index (χ0n) is 14.9. The van der Waals surface area contributed by atoms with Crippen molar-refractivity contribution in [3.63, 3.8) is 0 Å². The first-order chi connectivity index (χ1) is 12.2. The van der Waals surface area contributed by atoms with Crippen LogP contribution in [0, 0.1) is 0 Å². The molecule has 1 aromatic heterocycles. The third kappa shape index (κ3) is 3.59. The van der Waals surface area contributed by atoms with Crippen LogP contribution in [0.25, 0.3) is 0 Å². The van der Waals surface area contributed by atoms with Crippen molar-refractivity contribution in [2.45, 2.75) is 51.9 Å². The molecule has 0 bridgehead atoms. The largest absolute Gasteiger partial charge is 0.416 e. The van der Waals surface area contributed by atoms with E-state index in [0.29, 0.717) is 18.7 Å². The maximum atomic E-state index is 12.6. The number of amides is 1. The fourth-order valence-corrected chi connectivity index (χ4v) is 3.24. The zero-order valence-corrected chi connectivity index (χ0v) is 14.9. The van der Waals surface area contributed by atoms with Crippen LogP contribution >= 0.6 is 0 Å². The molecule has 26 heavy (non-hydrogen) atoms. The summed E-state index contributed by atoms with van der Waals surface area (Å²) in [6.07, 6.45) is -4.31. The number of benzene rings is 1. The van der Waals surface area contributed by atoms with Crippen molar-refractivity contribution < 1.29 is 18.0 Å². The summed E-state index contributed by atoms with van der Waals surface area (Å²) in [4.78, 5) is 14.3. The maximum absolute atomic E-state index is 12.6. The Morgan fingerprint density at radius 2 is 1.88 bits per heavy atom. The van der Waals surface area contributed by atoms with Crippen LogP contribution in [0.1, 0.15) is 55.5 Å². The Balaban J connectivity index is 1.71. The summed E-state index contributed by atoms with van der Waals surface area (Å²) in [6, 6.07) is 4.78. The van der Waals surface area contributed by atoms with E-state index in [4.69, 9.17) is 0 Å². The molecular formula is C18H21F3N4O. The van der Waals surface area contributed by atoms with Crippen LogP contribution in [-0.4, -0.2) is 32.1 Å². The van der Waals surface area contributed by atoms with Crippen LogP contribution < -0.4 is 0 Å². The molecule has 0 spiro atoms. The van der Waals surface area contributed by atoms with Gasteiger partial charge in [-0.3, -0.25) is 4.79 Å². The lowest BCUT2D eigenvalue weighted by Crippen LogP contribution is -2.41. The van der Waals surface area contributed by atoms with E-state index >= 15 is 0 Å². The fraction of sp³-hybridized carbons (Fsp3) is 0.500. The molecule has 8 heteroatoms. The predicted molar refractivity (Wildman–Crippen MR) is 89.4 cm³/mol. The smallest absolute Gasteiger partial charge is 0.333 e. The Bertz CT molecular complexity index is 796. The van der Waals surface area contributed by atoms with Gasteiger partial charge in [-0.05, 0) is 24.6 Å². The minimum Gasteiger partial charge on any atom is -0.333 e. The first-order valence-corrected chi connectivity index (χ1v) is 8.54. The van der Waals surface area contributed by atoms with Crippen LogP contribution in [-0.2, 0) is 23.9 Å². The first-order valence-electron chi connectivity index (χ1n) is 8.54. The van der Waals surface area contributed by atoms with Gasteiger partial charge in [0.1, 0.15) is 5.82 Å². The summed E-state index contributed by atoms with van der Waals surface area (Å²) < 4.78 is 40.0. The second-order valence-electron chi connectivity index (χ2n) is 6.99. The molecule has 0 fully saturated rings. The van der Waals surface area contributed by atoms with Gasteiger partial charge >= 0.3 is 6.18 Å². The lowest BCUT2D eigenvalue weighted by molar-refractivity contribution is -0.137. The Kier molecular flexibility index (Phi) is 4.77. The molecule has 3 rings (SSSR count). The third-order valence-corrected chi connectivity index (χ3v) is 4.56. The Labute approximate surface area is 149 Å².